The Kier molecular flexibility index (Phi) is 4.19. The summed E-state index contributed by atoms with van der Waals surface area (Å²) in [6, 6.07) is 0. The molecule has 0 spiro atoms. The third kappa shape index (κ3) is 5.26. The average Bonchev–Trinajstić information content (AvgIpc) is 2.81. The number of sulfonamides is 1. The Morgan fingerprint density at radius 3 is 2.62 bits per heavy atom. The summed E-state index contributed by atoms with van der Waals surface area (Å²) in [7, 11) is -2.96. The van der Waals surface area contributed by atoms with Crippen LogP contribution in [0.15, 0.2) is 0 Å². The molecule has 1 rings (SSSR count). The SMILES string of the molecule is CCCS(=O)(=O)NCCCC1CC1. The molecule has 0 aromatic rings. The maximum Gasteiger partial charge on any atom is 0.211 e. The van der Waals surface area contributed by atoms with Crippen molar-refractivity contribution in [2.75, 3.05) is 12.3 Å². The van der Waals surface area contributed by atoms with Crippen LogP contribution in [0.4, 0.5) is 0 Å². The van der Waals surface area contributed by atoms with Gasteiger partial charge in [-0.2, -0.15) is 0 Å². The van der Waals surface area contributed by atoms with Crippen molar-refractivity contribution in [3.05, 3.63) is 0 Å². The van der Waals surface area contributed by atoms with E-state index in [1.54, 1.807) is 0 Å². The van der Waals surface area contributed by atoms with E-state index < -0.39 is 10.0 Å². The molecule has 0 radical (unpaired) electrons. The van der Waals surface area contributed by atoms with Gasteiger partial charge in [0.2, 0.25) is 10.0 Å². The topological polar surface area (TPSA) is 46.2 Å². The van der Waals surface area contributed by atoms with Crippen LogP contribution < -0.4 is 4.72 Å². The molecule has 0 bridgehead atoms. The molecule has 0 atom stereocenters. The maximum atomic E-state index is 11.2. The lowest BCUT2D eigenvalue weighted by molar-refractivity contribution is 0.571. The van der Waals surface area contributed by atoms with Crippen molar-refractivity contribution in [3.63, 3.8) is 0 Å². The van der Waals surface area contributed by atoms with Crippen LogP contribution in [0.5, 0.6) is 0 Å². The van der Waals surface area contributed by atoms with Gasteiger partial charge in [0, 0.05) is 6.54 Å². The first kappa shape index (κ1) is 11.0. The Morgan fingerprint density at radius 1 is 1.38 bits per heavy atom. The van der Waals surface area contributed by atoms with Gasteiger partial charge in [-0.1, -0.05) is 19.8 Å². The molecule has 0 aromatic carbocycles. The van der Waals surface area contributed by atoms with Gasteiger partial charge in [-0.15, -0.1) is 0 Å². The minimum Gasteiger partial charge on any atom is -0.215 e. The quantitative estimate of drug-likeness (QED) is 0.640. The maximum absolute atomic E-state index is 11.2. The van der Waals surface area contributed by atoms with Gasteiger partial charge in [-0.3, -0.25) is 0 Å². The van der Waals surface area contributed by atoms with Crippen LogP contribution >= 0.6 is 0 Å². The molecule has 13 heavy (non-hydrogen) atoms. The minimum atomic E-state index is -2.96. The van der Waals surface area contributed by atoms with Crippen molar-refractivity contribution in [2.24, 2.45) is 5.92 Å². The zero-order chi connectivity index (χ0) is 9.73. The summed E-state index contributed by atoms with van der Waals surface area (Å²) in [5.41, 5.74) is 0. The van der Waals surface area contributed by atoms with Crippen molar-refractivity contribution in [1.82, 2.24) is 4.72 Å². The zero-order valence-corrected chi connectivity index (χ0v) is 9.07. The van der Waals surface area contributed by atoms with E-state index in [4.69, 9.17) is 0 Å². The minimum absolute atomic E-state index is 0.260. The first-order valence-electron chi connectivity index (χ1n) is 5.11. The van der Waals surface area contributed by atoms with Gasteiger partial charge >= 0.3 is 0 Å². The number of nitrogens with one attached hydrogen (secondary N) is 1. The fraction of sp³-hybridized carbons (Fsp3) is 1.00. The standard InChI is InChI=1S/C9H19NO2S/c1-2-8-13(11,12)10-7-3-4-9-5-6-9/h9-10H,2-8H2,1H3. The second kappa shape index (κ2) is 4.96. The summed E-state index contributed by atoms with van der Waals surface area (Å²) in [5.74, 6) is 1.16. The number of rotatable bonds is 7. The highest BCUT2D eigenvalue weighted by atomic mass is 32.2. The third-order valence-corrected chi connectivity index (χ3v) is 3.87. The monoisotopic (exact) mass is 205 g/mol. The van der Waals surface area contributed by atoms with Gasteiger partial charge in [0.25, 0.3) is 0 Å². The van der Waals surface area contributed by atoms with Gasteiger partial charge in [0.1, 0.15) is 0 Å². The van der Waals surface area contributed by atoms with E-state index in [2.05, 4.69) is 4.72 Å². The predicted octanol–water partition coefficient (Wildman–Crippen LogP) is 1.51. The Labute approximate surface area is 81.0 Å². The summed E-state index contributed by atoms with van der Waals surface area (Å²) in [6.45, 7) is 2.50. The van der Waals surface area contributed by atoms with Crippen LogP contribution in [0.3, 0.4) is 0 Å². The molecule has 0 aromatic heterocycles. The van der Waals surface area contributed by atoms with Gasteiger partial charge < -0.3 is 0 Å². The molecule has 78 valence electrons. The van der Waals surface area contributed by atoms with Crippen LogP contribution in [0.1, 0.15) is 39.0 Å². The van der Waals surface area contributed by atoms with E-state index in [0.717, 1.165) is 12.3 Å². The van der Waals surface area contributed by atoms with Gasteiger partial charge in [0.05, 0.1) is 5.75 Å². The number of hydrogen-bond donors (Lipinski definition) is 1. The van der Waals surface area contributed by atoms with Gasteiger partial charge in [0.15, 0.2) is 0 Å². The molecule has 1 aliphatic rings. The van der Waals surface area contributed by atoms with Crippen LogP contribution in [0, 0.1) is 5.92 Å². The van der Waals surface area contributed by atoms with E-state index in [1.165, 1.54) is 19.3 Å². The zero-order valence-electron chi connectivity index (χ0n) is 8.25. The molecular weight excluding hydrogens is 186 g/mol. The second-order valence-electron chi connectivity index (χ2n) is 3.80. The normalized spacial score (nSPS) is 17.6. The fourth-order valence-electron chi connectivity index (χ4n) is 1.37. The van der Waals surface area contributed by atoms with E-state index in [-0.39, 0.29) is 5.75 Å². The molecule has 0 heterocycles. The summed E-state index contributed by atoms with van der Waals surface area (Å²) in [4.78, 5) is 0. The molecule has 1 aliphatic carbocycles. The van der Waals surface area contributed by atoms with Crippen molar-refractivity contribution in [1.29, 1.82) is 0 Å². The average molecular weight is 205 g/mol. The summed E-state index contributed by atoms with van der Waals surface area (Å²) in [6.07, 6.45) is 5.57. The van der Waals surface area contributed by atoms with Crippen molar-refractivity contribution < 1.29 is 8.42 Å². The van der Waals surface area contributed by atoms with Gasteiger partial charge in [-0.25, -0.2) is 13.1 Å². The molecule has 3 nitrogen and oxygen atoms in total. The van der Waals surface area contributed by atoms with Crippen LogP contribution in [0.2, 0.25) is 0 Å². The highest BCUT2D eigenvalue weighted by Gasteiger charge is 2.20. The fourth-order valence-corrected chi connectivity index (χ4v) is 2.50. The highest BCUT2D eigenvalue weighted by Crippen LogP contribution is 2.33. The van der Waals surface area contributed by atoms with Crippen LogP contribution in [0.25, 0.3) is 0 Å². The summed E-state index contributed by atoms with van der Waals surface area (Å²) < 4.78 is 25.0. The van der Waals surface area contributed by atoms with Crippen molar-refractivity contribution in [3.8, 4) is 0 Å². The lowest BCUT2D eigenvalue weighted by atomic mass is 10.2. The molecule has 1 saturated carbocycles. The lowest BCUT2D eigenvalue weighted by Crippen LogP contribution is -2.27. The molecule has 4 heteroatoms. The van der Waals surface area contributed by atoms with Gasteiger partial charge in [-0.05, 0) is 25.2 Å². The molecular formula is C9H19NO2S. The Balaban J connectivity index is 2.02. The van der Waals surface area contributed by atoms with E-state index in [9.17, 15) is 8.42 Å². The van der Waals surface area contributed by atoms with Crippen molar-refractivity contribution in [2.45, 2.75) is 39.0 Å². The first-order valence-corrected chi connectivity index (χ1v) is 6.76. The van der Waals surface area contributed by atoms with Crippen LogP contribution in [-0.2, 0) is 10.0 Å². The lowest BCUT2D eigenvalue weighted by Gasteiger charge is -2.04. The van der Waals surface area contributed by atoms with E-state index in [1.807, 2.05) is 6.92 Å². The Morgan fingerprint density at radius 2 is 2.08 bits per heavy atom. The smallest absolute Gasteiger partial charge is 0.211 e. The molecule has 0 amide bonds. The van der Waals surface area contributed by atoms with Crippen LogP contribution in [-0.4, -0.2) is 20.7 Å². The van der Waals surface area contributed by atoms with Crippen molar-refractivity contribution >= 4 is 10.0 Å². The molecule has 0 unspecified atom stereocenters. The molecule has 1 fully saturated rings. The predicted molar refractivity (Wildman–Crippen MR) is 54.0 cm³/mol. The Bertz CT molecular complexity index is 232. The largest absolute Gasteiger partial charge is 0.215 e. The third-order valence-electron chi connectivity index (χ3n) is 2.28. The number of hydrogen-bond acceptors (Lipinski definition) is 2. The summed E-state index contributed by atoms with van der Waals surface area (Å²) >= 11 is 0. The first-order chi connectivity index (χ1) is 6.14. The molecule has 1 N–H and O–H groups in total. The highest BCUT2D eigenvalue weighted by molar-refractivity contribution is 7.89. The molecule has 0 saturated heterocycles. The second-order valence-corrected chi connectivity index (χ2v) is 5.73. The molecule has 0 aliphatic heterocycles. The van der Waals surface area contributed by atoms with E-state index >= 15 is 0 Å². The van der Waals surface area contributed by atoms with E-state index in [0.29, 0.717) is 13.0 Å². The summed E-state index contributed by atoms with van der Waals surface area (Å²) in [5, 5.41) is 0. The Hall–Kier alpha value is -0.0900.